The first-order valence-corrected chi connectivity index (χ1v) is 11.5. The number of nitrogens with two attached hydrogens (primary N) is 1. The van der Waals surface area contributed by atoms with Gasteiger partial charge in [0.2, 0.25) is 10.0 Å². The molecule has 1 amide bonds. The highest BCUT2D eigenvalue weighted by molar-refractivity contribution is 7.89. The maximum atomic E-state index is 13.3. The lowest BCUT2D eigenvalue weighted by molar-refractivity contribution is 0.0520. The fourth-order valence-electron chi connectivity index (χ4n) is 3.69. The summed E-state index contributed by atoms with van der Waals surface area (Å²) in [5.41, 5.74) is 0.923. The van der Waals surface area contributed by atoms with Gasteiger partial charge in [-0.3, -0.25) is 4.79 Å². The molecule has 0 radical (unpaired) electrons. The molecule has 0 saturated carbocycles. The van der Waals surface area contributed by atoms with Gasteiger partial charge in [-0.15, -0.1) is 0 Å². The summed E-state index contributed by atoms with van der Waals surface area (Å²) in [5.74, 6) is 0.975. The number of ether oxygens (including phenoxy) is 3. The summed E-state index contributed by atoms with van der Waals surface area (Å²) in [6.07, 6.45) is -0.350. The molecule has 2 aliphatic rings. The quantitative estimate of drug-likeness (QED) is 0.730. The lowest BCUT2D eigenvalue weighted by Crippen LogP contribution is -2.43. The lowest BCUT2D eigenvalue weighted by Gasteiger charge is -2.32. The van der Waals surface area contributed by atoms with Gasteiger partial charge in [-0.2, -0.15) is 0 Å². The molecule has 1 atom stereocenters. The Balaban J connectivity index is 1.57. The topological polar surface area (TPSA) is 111 Å². The highest BCUT2D eigenvalue weighted by atomic mass is 32.2. The van der Waals surface area contributed by atoms with Crippen molar-refractivity contribution in [2.75, 3.05) is 51.4 Å². The first-order chi connectivity index (χ1) is 14.8. The van der Waals surface area contributed by atoms with E-state index in [1.54, 1.807) is 13.1 Å². The number of anilines is 1. The SMILES string of the molecule is CN(C[C@H]1COc2ccccc2O1)C(=O)c1cc(S(N)(=O)=O)ccc1N1CCOCC1. The minimum Gasteiger partial charge on any atom is -0.486 e. The fourth-order valence-corrected chi connectivity index (χ4v) is 4.23. The van der Waals surface area contributed by atoms with Crippen molar-refractivity contribution in [3.63, 3.8) is 0 Å². The van der Waals surface area contributed by atoms with Crippen molar-refractivity contribution in [2.24, 2.45) is 5.14 Å². The van der Waals surface area contributed by atoms with Gasteiger partial charge < -0.3 is 24.0 Å². The molecular formula is C21H25N3O6S. The smallest absolute Gasteiger partial charge is 0.255 e. The van der Waals surface area contributed by atoms with Gasteiger partial charge in [0.25, 0.3) is 5.91 Å². The van der Waals surface area contributed by atoms with Crippen LogP contribution in [-0.4, -0.2) is 71.8 Å². The average Bonchev–Trinajstić information content (AvgIpc) is 2.78. The summed E-state index contributed by atoms with van der Waals surface area (Å²) in [6, 6.07) is 11.8. The monoisotopic (exact) mass is 447 g/mol. The van der Waals surface area contributed by atoms with E-state index in [2.05, 4.69) is 0 Å². The van der Waals surface area contributed by atoms with Crippen molar-refractivity contribution in [1.82, 2.24) is 4.90 Å². The predicted octanol–water partition coefficient (Wildman–Crippen LogP) is 1.08. The molecular weight excluding hydrogens is 422 g/mol. The van der Waals surface area contributed by atoms with E-state index >= 15 is 0 Å². The molecule has 1 fully saturated rings. The van der Waals surface area contributed by atoms with Crippen LogP contribution in [0.15, 0.2) is 47.4 Å². The number of hydrogen-bond donors (Lipinski definition) is 1. The molecule has 0 unspecified atom stereocenters. The number of benzene rings is 2. The van der Waals surface area contributed by atoms with Gasteiger partial charge >= 0.3 is 0 Å². The number of nitrogens with zero attached hydrogens (tertiary/aromatic N) is 2. The third-order valence-electron chi connectivity index (χ3n) is 5.27. The highest BCUT2D eigenvalue weighted by Gasteiger charge is 2.27. The molecule has 9 nitrogen and oxygen atoms in total. The van der Waals surface area contributed by atoms with E-state index in [0.717, 1.165) is 0 Å². The first kappa shape index (κ1) is 21.4. The zero-order valence-electron chi connectivity index (χ0n) is 17.2. The van der Waals surface area contributed by atoms with Gasteiger partial charge in [0, 0.05) is 25.8 Å². The molecule has 10 heteroatoms. The number of para-hydroxylation sites is 2. The zero-order chi connectivity index (χ0) is 22.0. The number of carbonyl (C=O) groups excluding carboxylic acids is 1. The maximum absolute atomic E-state index is 13.3. The number of likely N-dealkylation sites (N-methyl/N-ethyl adjacent to an activating group) is 1. The van der Waals surface area contributed by atoms with Gasteiger partial charge in [-0.25, -0.2) is 13.6 Å². The molecule has 2 aromatic rings. The second-order valence-electron chi connectivity index (χ2n) is 7.51. The second kappa shape index (κ2) is 8.74. The van der Waals surface area contributed by atoms with Crippen LogP contribution < -0.4 is 19.5 Å². The number of hydrogen-bond acceptors (Lipinski definition) is 7. The number of carbonyl (C=O) groups is 1. The zero-order valence-corrected chi connectivity index (χ0v) is 18.0. The molecule has 2 aromatic carbocycles. The first-order valence-electron chi connectivity index (χ1n) is 9.96. The molecule has 31 heavy (non-hydrogen) atoms. The standard InChI is InChI=1S/C21H25N3O6S/c1-23(13-15-14-29-19-4-2-3-5-20(19)30-15)21(25)17-12-16(31(22,26)27)6-7-18(17)24-8-10-28-11-9-24/h2-7,12,15H,8-11,13-14H2,1H3,(H2,22,26,27)/t15-/m0/s1. The van der Waals surface area contributed by atoms with Crippen LogP contribution in [0.25, 0.3) is 0 Å². The third kappa shape index (κ3) is 4.76. The normalized spacial score (nSPS) is 18.5. The summed E-state index contributed by atoms with van der Waals surface area (Å²) in [6.45, 7) is 2.86. The van der Waals surface area contributed by atoms with Gasteiger partial charge in [0.15, 0.2) is 17.6 Å². The molecule has 0 bridgehead atoms. The van der Waals surface area contributed by atoms with Gasteiger partial charge in [-0.1, -0.05) is 12.1 Å². The van der Waals surface area contributed by atoms with Crippen molar-refractivity contribution in [3.05, 3.63) is 48.0 Å². The Morgan fingerprint density at radius 1 is 1.16 bits per heavy atom. The van der Waals surface area contributed by atoms with Crippen molar-refractivity contribution in [3.8, 4) is 11.5 Å². The van der Waals surface area contributed by atoms with Gasteiger partial charge in [0.1, 0.15) is 6.61 Å². The van der Waals surface area contributed by atoms with E-state index in [1.807, 2.05) is 29.2 Å². The van der Waals surface area contributed by atoms with Crippen molar-refractivity contribution < 1.29 is 27.4 Å². The fraction of sp³-hybridized carbons (Fsp3) is 0.381. The number of fused-ring (bicyclic) bond motifs is 1. The molecule has 4 rings (SSSR count). The van der Waals surface area contributed by atoms with Crippen molar-refractivity contribution in [2.45, 2.75) is 11.0 Å². The number of amides is 1. The largest absolute Gasteiger partial charge is 0.486 e. The molecule has 0 spiro atoms. The number of primary sulfonamides is 1. The number of sulfonamides is 1. The van der Waals surface area contributed by atoms with E-state index in [4.69, 9.17) is 19.3 Å². The van der Waals surface area contributed by atoms with Crippen molar-refractivity contribution >= 4 is 21.6 Å². The van der Waals surface area contributed by atoms with Crippen LogP contribution >= 0.6 is 0 Å². The number of rotatable bonds is 5. The summed E-state index contributed by atoms with van der Waals surface area (Å²) in [7, 11) is -2.30. The van der Waals surface area contributed by atoms with E-state index in [1.165, 1.54) is 17.0 Å². The Morgan fingerprint density at radius 3 is 2.58 bits per heavy atom. The van der Waals surface area contributed by atoms with E-state index < -0.39 is 10.0 Å². The predicted molar refractivity (Wildman–Crippen MR) is 114 cm³/mol. The summed E-state index contributed by atoms with van der Waals surface area (Å²) in [5, 5.41) is 5.30. The van der Waals surface area contributed by atoms with E-state index in [-0.39, 0.29) is 29.0 Å². The van der Waals surface area contributed by atoms with Crippen LogP contribution in [0.5, 0.6) is 11.5 Å². The van der Waals surface area contributed by atoms with Crippen LogP contribution in [0.1, 0.15) is 10.4 Å². The average molecular weight is 448 g/mol. The Morgan fingerprint density at radius 2 is 1.87 bits per heavy atom. The molecule has 166 valence electrons. The molecule has 1 saturated heterocycles. The van der Waals surface area contributed by atoms with Gasteiger partial charge in [0.05, 0.1) is 30.2 Å². The molecule has 0 aromatic heterocycles. The number of morpholine rings is 1. The van der Waals surface area contributed by atoms with Crippen LogP contribution in [0.2, 0.25) is 0 Å². The molecule has 2 heterocycles. The van der Waals surface area contributed by atoms with Crippen LogP contribution in [0, 0.1) is 0 Å². The minimum atomic E-state index is -3.95. The molecule has 2 aliphatic heterocycles. The van der Waals surface area contributed by atoms with Crippen LogP contribution in [0.3, 0.4) is 0 Å². The summed E-state index contributed by atoms with van der Waals surface area (Å²) >= 11 is 0. The Hall–Kier alpha value is -2.82. The molecule has 2 N–H and O–H groups in total. The lowest BCUT2D eigenvalue weighted by atomic mass is 10.1. The summed E-state index contributed by atoms with van der Waals surface area (Å²) < 4.78 is 40.8. The van der Waals surface area contributed by atoms with E-state index in [9.17, 15) is 13.2 Å². The highest BCUT2D eigenvalue weighted by Crippen LogP contribution is 2.31. The summed E-state index contributed by atoms with van der Waals surface area (Å²) in [4.78, 5) is 16.8. The maximum Gasteiger partial charge on any atom is 0.255 e. The third-order valence-corrected chi connectivity index (χ3v) is 6.18. The molecule has 0 aliphatic carbocycles. The Kier molecular flexibility index (Phi) is 6.03. The van der Waals surface area contributed by atoms with E-state index in [0.29, 0.717) is 50.1 Å². The van der Waals surface area contributed by atoms with Crippen LogP contribution in [0.4, 0.5) is 5.69 Å². The van der Waals surface area contributed by atoms with Crippen molar-refractivity contribution in [1.29, 1.82) is 0 Å². The second-order valence-corrected chi connectivity index (χ2v) is 9.07. The Labute approximate surface area is 181 Å². The minimum absolute atomic E-state index is 0.104. The Bertz CT molecular complexity index is 1070. The van der Waals surface area contributed by atoms with Crippen LogP contribution in [-0.2, 0) is 14.8 Å². The van der Waals surface area contributed by atoms with Gasteiger partial charge in [-0.05, 0) is 30.3 Å².